The van der Waals surface area contributed by atoms with Crippen LogP contribution in [0.5, 0.6) is 0 Å². The molecule has 0 aliphatic carbocycles. The van der Waals surface area contributed by atoms with Gasteiger partial charge in [-0.15, -0.1) is 0 Å². The third-order valence-electron chi connectivity index (χ3n) is 11.7. The molecule has 0 saturated carbocycles. The number of aliphatic hydroxyl groups is 2. The van der Waals surface area contributed by atoms with E-state index in [-0.39, 0.29) is 22.3 Å². The van der Waals surface area contributed by atoms with Gasteiger partial charge in [-0.2, -0.15) is 0 Å². The van der Waals surface area contributed by atoms with Gasteiger partial charge in [0.15, 0.2) is 61.6 Å². The molecule has 76 heavy (non-hydrogen) atoms. The van der Waals surface area contributed by atoms with Gasteiger partial charge in [0.05, 0.1) is 35.5 Å². The van der Waals surface area contributed by atoms with E-state index in [9.17, 15) is 48.6 Å². The van der Waals surface area contributed by atoms with Crippen molar-refractivity contribution in [3.63, 3.8) is 0 Å². The molecule has 4 aromatic rings. The van der Waals surface area contributed by atoms with E-state index in [1.807, 2.05) is 0 Å². The highest BCUT2D eigenvalue weighted by Gasteiger charge is 2.59. The first-order valence-corrected chi connectivity index (χ1v) is 23.7. The summed E-state index contributed by atoms with van der Waals surface area (Å²) in [5, 5.41) is 22.5. The van der Waals surface area contributed by atoms with Crippen LogP contribution in [0.4, 0.5) is 0 Å². The third-order valence-corrected chi connectivity index (χ3v) is 11.7. The van der Waals surface area contributed by atoms with Crippen molar-refractivity contribution < 1.29 is 110 Å². The number of carbonyl (C=O) groups excluding carboxylic acids is 8. The molecule has 3 fully saturated rings. The number of carbonyl (C=O) groups is 8. The quantitative estimate of drug-likeness (QED) is 0.107. The van der Waals surface area contributed by atoms with Crippen LogP contribution in [0.15, 0.2) is 121 Å². The van der Waals surface area contributed by atoms with Gasteiger partial charge < -0.3 is 71.8 Å². The molecule has 0 unspecified atom stereocenters. The Morgan fingerprint density at radius 1 is 0.434 bits per heavy atom. The first-order chi connectivity index (χ1) is 36.5. The van der Waals surface area contributed by atoms with Crippen molar-refractivity contribution in [2.45, 2.75) is 114 Å². The van der Waals surface area contributed by atoms with Crippen molar-refractivity contribution in [1.29, 1.82) is 0 Å². The summed E-state index contributed by atoms with van der Waals surface area (Å²) >= 11 is 0. The smallest absolute Gasteiger partial charge is 0.338 e. The molecule has 3 saturated heterocycles. The predicted molar refractivity (Wildman–Crippen MR) is 252 cm³/mol. The standard InChI is InChI=1S/C53H54O23/c1-28(55)66-37-27-65-52(45(69-31(4)58)41(37)68-30(3)57)75-42-39(67-29(2)56)36(25-54)70-51(63)44(42)76-53-46(74-50(62)35-23-15-8-16-24-35)43(73-49(61)34-21-13-7-14-22-34)40(72-48(60)33-19-11-6-12-20-33)38(71-53)26-64-47(59)32-17-9-5-10-18-32/h5-24,36-46,51-54,63H,25-27H2,1-4H3/t36-,37-,38-,39-,40+,41+,42+,43+,44-,45-,46-,51+,52+,53+/m1/s1. The number of aliphatic hydroxyl groups excluding tert-OH is 2. The van der Waals surface area contributed by atoms with Crippen molar-refractivity contribution in [3.05, 3.63) is 144 Å². The molecule has 0 aromatic heterocycles. The summed E-state index contributed by atoms with van der Waals surface area (Å²) < 4.78 is 77.3. The maximum atomic E-state index is 14.3. The van der Waals surface area contributed by atoms with Gasteiger partial charge in [0.1, 0.15) is 31.0 Å². The molecule has 23 heteroatoms. The molecule has 4 aromatic carbocycles. The molecule has 14 atom stereocenters. The molecule has 3 aliphatic rings. The van der Waals surface area contributed by atoms with Crippen LogP contribution in [-0.4, -0.2) is 164 Å². The van der Waals surface area contributed by atoms with Crippen molar-refractivity contribution in [2.24, 2.45) is 0 Å². The number of ether oxygens (including phenoxy) is 13. The SMILES string of the molecule is CC(=O)O[C@@H]1[C@@H](OC(C)=O)[C@H](O[C@@H]2[C@@H](O[C@@H]3O[C@H](COC(=O)c4ccccc4)[C@H](OC(=O)c4ccccc4)[C@H](OC(=O)c4ccccc4)[C@H]3OC(=O)c3ccccc3)[C@@H](O)O[C@H](CO)[C@H]2OC(C)=O)OC[C@H]1OC(C)=O. The van der Waals surface area contributed by atoms with Crippen LogP contribution >= 0.6 is 0 Å². The van der Waals surface area contributed by atoms with Crippen LogP contribution in [0.2, 0.25) is 0 Å². The van der Waals surface area contributed by atoms with Gasteiger partial charge in [-0.1, -0.05) is 72.8 Å². The molecule has 3 aliphatic heterocycles. The molecule has 23 nitrogen and oxygen atoms in total. The Kier molecular flexibility index (Phi) is 19.4. The van der Waals surface area contributed by atoms with E-state index in [2.05, 4.69) is 0 Å². The normalized spacial score (nSPS) is 28.0. The number of hydrogen-bond acceptors (Lipinski definition) is 23. The number of benzene rings is 4. The zero-order chi connectivity index (χ0) is 54.5. The molecule has 0 spiro atoms. The summed E-state index contributed by atoms with van der Waals surface area (Å²) in [4.78, 5) is 106. The van der Waals surface area contributed by atoms with Crippen LogP contribution in [0, 0.1) is 0 Å². The highest BCUT2D eigenvalue weighted by molar-refractivity contribution is 5.91. The molecule has 0 bridgehead atoms. The summed E-state index contributed by atoms with van der Waals surface area (Å²) in [5.74, 6) is -7.69. The number of esters is 8. The van der Waals surface area contributed by atoms with E-state index in [0.29, 0.717) is 0 Å². The first-order valence-electron chi connectivity index (χ1n) is 23.7. The molecular formula is C53H54O23. The van der Waals surface area contributed by atoms with Crippen molar-refractivity contribution in [2.75, 3.05) is 19.8 Å². The topological polar surface area (TPSA) is 297 Å². The van der Waals surface area contributed by atoms with E-state index in [1.54, 1.807) is 48.5 Å². The van der Waals surface area contributed by atoms with Crippen LogP contribution in [0.25, 0.3) is 0 Å². The van der Waals surface area contributed by atoms with Crippen LogP contribution in [-0.2, 0) is 80.8 Å². The Morgan fingerprint density at radius 3 is 1.30 bits per heavy atom. The lowest BCUT2D eigenvalue weighted by molar-refractivity contribution is -0.382. The Hall–Kier alpha value is -7.64. The van der Waals surface area contributed by atoms with Gasteiger partial charge >= 0.3 is 47.8 Å². The molecule has 7 rings (SSSR count). The third kappa shape index (κ3) is 14.4. The van der Waals surface area contributed by atoms with Crippen molar-refractivity contribution in [1.82, 2.24) is 0 Å². The van der Waals surface area contributed by atoms with Gasteiger partial charge in [0.25, 0.3) is 0 Å². The largest absolute Gasteiger partial charge is 0.459 e. The van der Waals surface area contributed by atoms with Crippen molar-refractivity contribution >= 4 is 47.8 Å². The van der Waals surface area contributed by atoms with E-state index in [1.165, 1.54) is 72.8 Å². The van der Waals surface area contributed by atoms with Crippen LogP contribution < -0.4 is 0 Å². The molecule has 0 amide bonds. The summed E-state index contributed by atoms with van der Waals surface area (Å²) in [7, 11) is 0. The molecule has 0 radical (unpaired) electrons. The summed E-state index contributed by atoms with van der Waals surface area (Å²) in [6, 6.07) is 30.3. The van der Waals surface area contributed by atoms with Gasteiger partial charge in [-0.05, 0) is 48.5 Å². The Balaban J connectivity index is 1.36. The van der Waals surface area contributed by atoms with Crippen LogP contribution in [0.3, 0.4) is 0 Å². The monoisotopic (exact) mass is 1060 g/mol. The zero-order valence-electron chi connectivity index (χ0n) is 41.2. The maximum absolute atomic E-state index is 14.3. The van der Waals surface area contributed by atoms with Gasteiger partial charge in [-0.3, -0.25) is 19.2 Å². The molecule has 3 heterocycles. The number of hydrogen-bond donors (Lipinski definition) is 2. The Morgan fingerprint density at radius 2 is 0.829 bits per heavy atom. The average Bonchev–Trinajstić information content (AvgIpc) is 3.41. The second-order valence-electron chi connectivity index (χ2n) is 17.2. The van der Waals surface area contributed by atoms with Gasteiger partial charge in [0, 0.05) is 27.7 Å². The first kappa shape index (κ1) is 56.1. The average molecular weight is 1060 g/mol. The fraction of sp³-hybridized carbons (Fsp3) is 0.396. The van der Waals surface area contributed by atoms with Crippen LogP contribution in [0.1, 0.15) is 69.1 Å². The molecule has 404 valence electrons. The van der Waals surface area contributed by atoms with Crippen molar-refractivity contribution in [3.8, 4) is 0 Å². The van der Waals surface area contributed by atoms with E-state index >= 15 is 0 Å². The summed E-state index contributed by atoms with van der Waals surface area (Å²) in [6.07, 6.45) is -25.9. The van der Waals surface area contributed by atoms with E-state index < -0.39 is 154 Å². The minimum absolute atomic E-state index is 0.0106. The summed E-state index contributed by atoms with van der Waals surface area (Å²) in [6.45, 7) is 1.80. The van der Waals surface area contributed by atoms with Gasteiger partial charge in [-0.25, -0.2) is 19.2 Å². The fourth-order valence-electron chi connectivity index (χ4n) is 8.45. The van der Waals surface area contributed by atoms with E-state index in [0.717, 1.165) is 27.7 Å². The number of rotatable bonds is 18. The zero-order valence-corrected chi connectivity index (χ0v) is 41.2. The highest BCUT2D eigenvalue weighted by Crippen LogP contribution is 2.37. The predicted octanol–water partition coefficient (Wildman–Crippen LogP) is 2.81. The lowest BCUT2D eigenvalue weighted by Gasteiger charge is -2.49. The Labute approximate surface area is 434 Å². The molecular weight excluding hydrogens is 1000 g/mol. The summed E-state index contributed by atoms with van der Waals surface area (Å²) in [5.41, 5.74) is 0.0301. The van der Waals surface area contributed by atoms with Gasteiger partial charge in [0.2, 0.25) is 0 Å². The second kappa shape index (κ2) is 26.2. The Bertz CT molecular complexity index is 2640. The molecule has 2 N–H and O–H groups in total. The minimum Gasteiger partial charge on any atom is -0.459 e. The second-order valence-corrected chi connectivity index (χ2v) is 17.2. The fourth-order valence-corrected chi connectivity index (χ4v) is 8.45. The minimum atomic E-state index is -2.23. The highest BCUT2D eigenvalue weighted by atomic mass is 16.8. The lowest BCUT2D eigenvalue weighted by Crippen LogP contribution is -2.68. The van der Waals surface area contributed by atoms with E-state index in [4.69, 9.17) is 61.6 Å². The lowest BCUT2D eigenvalue weighted by atomic mass is 9.95. The maximum Gasteiger partial charge on any atom is 0.338 e.